The zero-order chi connectivity index (χ0) is 18.2. The molecule has 1 aliphatic rings. The second-order valence-corrected chi connectivity index (χ2v) is 8.04. The van der Waals surface area contributed by atoms with Crippen LogP contribution in [0.3, 0.4) is 0 Å². The first kappa shape index (κ1) is 16.5. The number of thiazole rings is 1. The van der Waals surface area contributed by atoms with Crippen molar-refractivity contribution in [3.8, 4) is 11.3 Å². The quantitative estimate of drug-likeness (QED) is 0.536. The lowest BCUT2D eigenvalue weighted by atomic mass is 9.90. The standard InChI is InChI=1S/C20H16N4OS2/c25-19(15-7-8-16-17(10-15)24-27-23-16)22-20-21-18(11-26-20)14-6-5-12-3-1-2-4-13(12)9-14/h5-11H,1-4H2,(H,21,22,25). The van der Waals surface area contributed by atoms with Crippen LogP contribution in [-0.4, -0.2) is 19.6 Å². The molecule has 5 rings (SSSR count). The van der Waals surface area contributed by atoms with Crippen molar-refractivity contribution in [1.82, 2.24) is 13.7 Å². The van der Waals surface area contributed by atoms with Crippen LogP contribution < -0.4 is 5.32 Å². The Bertz CT molecular complexity index is 1150. The molecule has 0 saturated heterocycles. The topological polar surface area (TPSA) is 67.8 Å². The van der Waals surface area contributed by atoms with Crippen molar-refractivity contribution >= 4 is 45.1 Å². The molecule has 134 valence electrons. The zero-order valence-corrected chi connectivity index (χ0v) is 16.1. The minimum absolute atomic E-state index is 0.184. The zero-order valence-electron chi connectivity index (χ0n) is 14.4. The van der Waals surface area contributed by atoms with Gasteiger partial charge in [0.05, 0.1) is 17.4 Å². The molecule has 27 heavy (non-hydrogen) atoms. The predicted octanol–water partition coefficient (Wildman–Crippen LogP) is 4.95. The molecule has 0 spiro atoms. The van der Waals surface area contributed by atoms with Gasteiger partial charge in [-0.3, -0.25) is 10.1 Å². The lowest BCUT2D eigenvalue weighted by molar-refractivity contribution is 0.102. The summed E-state index contributed by atoms with van der Waals surface area (Å²) in [5.41, 5.74) is 7.01. The number of amides is 1. The molecular weight excluding hydrogens is 376 g/mol. The molecule has 0 fully saturated rings. The largest absolute Gasteiger partial charge is 0.298 e. The van der Waals surface area contributed by atoms with Crippen LogP contribution in [-0.2, 0) is 12.8 Å². The predicted molar refractivity (Wildman–Crippen MR) is 110 cm³/mol. The Morgan fingerprint density at radius 1 is 0.963 bits per heavy atom. The van der Waals surface area contributed by atoms with E-state index in [1.165, 1.54) is 41.7 Å². The average Bonchev–Trinajstić information content (AvgIpc) is 3.36. The van der Waals surface area contributed by atoms with E-state index in [4.69, 9.17) is 0 Å². The Hall–Kier alpha value is -2.64. The number of anilines is 1. The van der Waals surface area contributed by atoms with E-state index in [0.717, 1.165) is 40.4 Å². The third-order valence-electron chi connectivity index (χ3n) is 4.88. The summed E-state index contributed by atoms with van der Waals surface area (Å²) in [7, 11) is 0. The smallest absolute Gasteiger partial charge is 0.257 e. The first-order valence-electron chi connectivity index (χ1n) is 8.88. The summed E-state index contributed by atoms with van der Waals surface area (Å²) in [5, 5.41) is 5.49. The lowest BCUT2D eigenvalue weighted by Gasteiger charge is -2.16. The van der Waals surface area contributed by atoms with Gasteiger partial charge in [0, 0.05) is 16.5 Å². The van der Waals surface area contributed by atoms with Gasteiger partial charge in [0.1, 0.15) is 11.0 Å². The maximum atomic E-state index is 12.5. The Morgan fingerprint density at radius 3 is 2.74 bits per heavy atom. The van der Waals surface area contributed by atoms with E-state index in [2.05, 4.69) is 37.2 Å². The Kier molecular flexibility index (Phi) is 4.18. The van der Waals surface area contributed by atoms with Gasteiger partial charge in [0.15, 0.2) is 5.13 Å². The Morgan fingerprint density at radius 2 is 1.81 bits per heavy atom. The Balaban J connectivity index is 1.36. The molecule has 1 amide bonds. The molecule has 5 nitrogen and oxygen atoms in total. The van der Waals surface area contributed by atoms with Crippen LogP contribution in [0.1, 0.15) is 34.3 Å². The second-order valence-electron chi connectivity index (χ2n) is 6.65. The third-order valence-corrected chi connectivity index (χ3v) is 6.20. The number of rotatable bonds is 3. The van der Waals surface area contributed by atoms with Gasteiger partial charge in [-0.1, -0.05) is 12.1 Å². The van der Waals surface area contributed by atoms with Crippen LogP contribution in [0.4, 0.5) is 5.13 Å². The van der Waals surface area contributed by atoms with Crippen molar-refractivity contribution in [2.24, 2.45) is 0 Å². The summed E-state index contributed by atoms with van der Waals surface area (Å²) in [5.74, 6) is -0.184. The third kappa shape index (κ3) is 3.24. The molecule has 4 aromatic rings. The van der Waals surface area contributed by atoms with Crippen molar-refractivity contribution in [1.29, 1.82) is 0 Å². The summed E-state index contributed by atoms with van der Waals surface area (Å²) >= 11 is 2.59. The fourth-order valence-electron chi connectivity index (χ4n) is 3.45. The maximum Gasteiger partial charge on any atom is 0.257 e. The number of aryl methyl sites for hydroxylation is 2. The van der Waals surface area contributed by atoms with E-state index in [1.807, 2.05) is 11.4 Å². The van der Waals surface area contributed by atoms with E-state index in [0.29, 0.717) is 10.7 Å². The minimum atomic E-state index is -0.184. The molecule has 2 aromatic heterocycles. The van der Waals surface area contributed by atoms with Crippen LogP contribution in [0.25, 0.3) is 22.3 Å². The molecule has 0 unspecified atom stereocenters. The fraction of sp³-hybridized carbons (Fsp3) is 0.200. The van der Waals surface area contributed by atoms with Gasteiger partial charge in [-0.2, -0.15) is 8.75 Å². The van der Waals surface area contributed by atoms with Gasteiger partial charge in [0.25, 0.3) is 5.91 Å². The van der Waals surface area contributed by atoms with E-state index >= 15 is 0 Å². The summed E-state index contributed by atoms with van der Waals surface area (Å²) in [6, 6.07) is 11.9. The molecule has 0 radical (unpaired) electrons. The molecule has 0 aliphatic heterocycles. The van der Waals surface area contributed by atoms with E-state index in [1.54, 1.807) is 12.1 Å². The number of benzene rings is 2. The van der Waals surface area contributed by atoms with Gasteiger partial charge in [0.2, 0.25) is 0 Å². The fourth-order valence-corrected chi connectivity index (χ4v) is 4.68. The highest BCUT2D eigenvalue weighted by atomic mass is 32.1. The minimum Gasteiger partial charge on any atom is -0.298 e. The highest BCUT2D eigenvalue weighted by molar-refractivity contribution is 7.14. The number of nitrogens with one attached hydrogen (secondary N) is 1. The first-order valence-corrected chi connectivity index (χ1v) is 10.5. The van der Waals surface area contributed by atoms with Crippen LogP contribution in [0.2, 0.25) is 0 Å². The SMILES string of the molecule is O=C(Nc1nc(-c2ccc3c(c2)CCCC3)cs1)c1ccc2nsnc2c1. The van der Waals surface area contributed by atoms with E-state index in [-0.39, 0.29) is 5.91 Å². The van der Waals surface area contributed by atoms with Gasteiger partial charge in [-0.25, -0.2) is 4.98 Å². The Labute approximate surface area is 164 Å². The number of aromatic nitrogens is 3. The number of hydrogen-bond donors (Lipinski definition) is 1. The molecule has 0 bridgehead atoms. The molecule has 1 N–H and O–H groups in total. The highest BCUT2D eigenvalue weighted by Gasteiger charge is 2.14. The monoisotopic (exact) mass is 392 g/mol. The van der Waals surface area contributed by atoms with Crippen molar-refractivity contribution in [3.63, 3.8) is 0 Å². The van der Waals surface area contributed by atoms with Crippen LogP contribution >= 0.6 is 23.1 Å². The molecule has 1 aliphatic carbocycles. The summed E-state index contributed by atoms with van der Waals surface area (Å²) < 4.78 is 8.34. The summed E-state index contributed by atoms with van der Waals surface area (Å²) in [6.45, 7) is 0. The van der Waals surface area contributed by atoms with Gasteiger partial charge >= 0.3 is 0 Å². The van der Waals surface area contributed by atoms with E-state index in [9.17, 15) is 4.79 Å². The lowest BCUT2D eigenvalue weighted by Crippen LogP contribution is -2.11. The van der Waals surface area contributed by atoms with Gasteiger partial charge in [-0.15, -0.1) is 11.3 Å². The normalized spacial score (nSPS) is 13.5. The van der Waals surface area contributed by atoms with Crippen molar-refractivity contribution in [3.05, 3.63) is 58.5 Å². The van der Waals surface area contributed by atoms with Crippen molar-refractivity contribution < 1.29 is 4.79 Å². The molecular formula is C20H16N4OS2. The second kappa shape index (κ2) is 6.83. The van der Waals surface area contributed by atoms with E-state index < -0.39 is 0 Å². The molecule has 7 heteroatoms. The number of fused-ring (bicyclic) bond motifs is 2. The molecule has 0 atom stereocenters. The molecule has 2 heterocycles. The van der Waals surface area contributed by atoms with Crippen LogP contribution in [0, 0.1) is 0 Å². The summed E-state index contributed by atoms with van der Waals surface area (Å²) in [4.78, 5) is 17.1. The molecule has 0 saturated carbocycles. The highest BCUT2D eigenvalue weighted by Crippen LogP contribution is 2.30. The average molecular weight is 393 g/mol. The van der Waals surface area contributed by atoms with Crippen molar-refractivity contribution in [2.75, 3.05) is 5.32 Å². The van der Waals surface area contributed by atoms with Crippen LogP contribution in [0.5, 0.6) is 0 Å². The number of carbonyl (C=O) groups excluding carboxylic acids is 1. The number of nitrogens with zero attached hydrogens (tertiary/aromatic N) is 3. The number of carbonyl (C=O) groups is 1. The molecule has 2 aromatic carbocycles. The van der Waals surface area contributed by atoms with Gasteiger partial charge < -0.3 is 0 Å². The van der Waals surface area contributed by atoms with Crippen molar-refractivity contribution in [2.45, 2.75) is 25.7 Å². The summed E-state index contributed by atoms with van der Waals surface area (Å²) in [6.07, 6.45) is 4.85. The maximum absolute atomic E-state index is 12.5. The van der Waals surface area contributed by atoms with Crippen LogP contribution in [0.15, 0.2) is 41.8 Å². The van der Waals surface area contributed by atoms with Gasteiger partial charge in [-0.05, 0) is 61.1 Å². The number of hydrogen-bond acceptors (Lipinski definition) is 6. The first-order chi connectivity index (χ1) is 13.3.